The predicted molar refractivity (Wildman–Crippen MR) is 97.2 cm³/mol. The van der Waals surface area contributed by atoms with Gasteiger partial charge in [-0.1, -0.05) is 17.7 Å². The zero-order valence-corrected chi connectivity index (χ0v) is 15.2. The molecule has 0 aliphatic heterocycles. The molecule has 136 valence electrons. The van der Waals surface area contributed by atoms with Crippen molar-refractivity contribution in [1.82, 2.24) is 0 Å². The molecule has 3 aromatic carbocycles. The standard InChI is InChI=1S/C17H15NO6S2/c1-11-2-5-14(6-3-11)26(22,23)24-17-10-15(25(19,20)21)9-12-8-13(18)4-7-16(12)17/h2-10H,18H2,1H3,(H,19,20,21). The Morgan fingerprint density at radius 3 is 2.15 bits per heavy atom. The second-order valence-electron chi connectivity index (χ2n) is 5.73. The first-order valence-corrected chi connectivity index (χ1v) is 10.2. The molecule has 0 atom stereocenters. The summed E-state index contributed by atoms with van der Waals surface area (Å²) in [7, 11) is -8.77. The van der Waals surface area contributed by atoms with Crippen molar-refractivity contribution in [3.8, 4) is 5.75 Å². The summed E-state index contributed by atoms with van der Waals surface area (Å²) in [6, 6.07) is 12.6. The molecule has 7 nitrogen and oxygen atoms in total. The van der Waals surface area contributed by atoms with Crippen LogP contribution in [0.3, 0.4) is 0 Å². The number of hydrogen-bond donors (Lipinski definition) is 2. The second-order valence-corrected chi connectivity index (χ2v) is 8.70. The van der Waals surface area contributed by atoms with Crippen LogP contribution in [0, 0.1) is 6.92 Å². The van der Waals surface area contributed by atoms with Crippen molar-refractivity contribution < 1.29 is 25.6 Å². The van der Waals surface area contributed by atoms with Gasteiger partial charge < -0.3 is 9.92 Å². The minimum Gasteiger partial charge on any atom is -0.399 e. The molecule has 0 saturated carbocycles. The Morgan fingerprint density at radius 2 is 1.54 bits per heavy atom. The van der Waals surface area contributed by atoms with E-state index in [1.54, 1.807) is 12.1 Å². The summed E-state index contributed by atoms with van der Waals surface area (Å²) in [4.78, 5) is -0.575. The van der Waals surface area contributed by atoms with E-state index in [1.807, 2.05) is 6.92 Å². The maximum atomic E-state index is 12.5. The van der Waals surface area contributed by atoms with Gasteiger partial charge in [0.25, 0.3) is 10.1 Å². The van der Waals surface area contributed by atoms with Crippen molar-refractivity contribution in [2.24, 2.45) is 0 Å². The summed E-state index contributed by atoms with van der Waals surface area (Å²) in [6.45, 7) is 1.81. The average molecular weight is 393 g/mol. The molecule has 3 rings (SSSR count). The Hall–Kier alpha value is -2.62. The van der Waals surface area contributed by atoms with E-state index in [0.29, 0.717) is 16.5 Å². The molecule has 0 radical (unpaired) electrons. The molecule has 3 aromatic rings. The molecule has 0 saturated heterocycles. The van der Waals surface area contributed by atoms with Crippen LogP contribution in [0.2, 0.25) is 0 Å². The number of rotatable bonds is 4. The second kappa shape index (κ2) is 6.27. The van der Waals surface area contributed by atoms with Crippen molar-refractivity contribution in [3.05, 3.63) is 60.2 Å². The highest BCUT2D eigenvalue weighted by molar-refractivity contribution is 7.87. The third kappa shape index (κ3) is 3.64. The number of hydrogen-bond acceptors (Lipinski definition) is 6. The summed E-state index contributed by atoms with van der Waals surface area (Å²) in [5.74, 6) is -0.226. The van der Waals surface area contributed by atoms with Crippen LogP contribution in [0.15, 0.2) is 64.4 Å². The van der Waals surface area contributed by atoms with Gasteiger partial charge in [-0.15, -0.1) is 0 Å². The number of benzene rings is 3. The summed E-state index contributed by atoms with van der Waals surface area (Å²) >= 11 is 0. The van der Waals surface area contributed by atoms with E-state index in [-0.39, 0.29) is 10.6 Å². The van der Waals surface area contributed by atoms with Gasteiger partial charge in [-0.2, -0.15) is 16.8 Å². The van der Waals surface area contributed by atoms with Gasteiger partial charge in [0, 0.05) is 17.1 Å². The molecule has 0 spiro atoms. The van der Waals surface area contributed by atoms with Gasteiger partial charge in [0.15, 0.2) is 5.75 Å². The van der Waals surface area contributed by atoms with Crippen molar-refractivity contribution in [3.63, 3.8) is 0 Å². The molecular weight excluding hydrogens is 378 g/mol. The molecular formula is C17H15NO6S2. The maximum absolute atomic E-state index is 12.5. The average Bonchev–Trinajstić information content (AvgIpc) is 2.53. The molecule has 0 unspecified atom stereocenters. The molecule has 0 fully saturated rings. The maximum Gasteiger partial charge on any atom is 0.339 e. The lowest BCUT2D eigenvalue weighted by atomic mass is 10.1. The third-order valence-electron chi connectivity index (χ3n) is 3.72. The Balaban J connectivity index is 2.19. The molecule has 0 aliphatic carbocycles. The monoisotopic (exact) mass is 393 g/mol. The minimum absolute atomic E-state index is 0.0797. The van der Waals surface area contributed by atoms with Gasteiger partial charge >= 0.3 is 10.1 Å². The Bertz CT molecular complexity index is 1200. The van der Waals surface area contributed by atoms with Gasteiger partial charge in [0.2, 0.25) is 0 Å². The summed E-state index contributed by atoms with van der Waals surface area (Å²) in [5.41, 5.74) is 6.91. The smallest absolute Gasteiger partial charge is 0.339 e. The zero-order chi connectivity index (χ0) is 19.1. The minimum atomic E-state index is -4.57. The predicted octanol–water partition coefficient (Wildman–Crippen LogP) is 2.74. The van der Waals surface area contributed by atoms with Crippen LogP contribution in [0.5, 0.6) is 5.75 Å². The van der Waals surface area contributed by atoms with E-state index >= 15 is 0 Å². The van der Waals surface area contributed by atoms with E-state index < -0.39 is 25.1 Å². The first-order chi connectivity index (χ1) is 12.1. The van der Waals surface area contributed by atoms with Crippen LogP contribution >= 0.6 is 0 Å². The van der Waals surface area contributed by atoms with Crippen molar-refractivity contribution in [2.75, 3.05) is 5.73 Å². The fraction of sp³-hybridized carbons (Fsp3) is 0.0588. The molecule has 0 aliphatic rings. The highest BCUT2D eigenvalue weighted by atomic mass is 32.2. The molecule has 26 heavy (non-hydrogen) atoms. The lowest BCUT2D eigenvalue weighted by Gasteiger charge is -2.12. The van der Waals surface area contributed by atoms with Crippen LogP contribution in [-0.4, -0.2) is 21.4 Å². The zero-order valence-electron chi connectivity index (χ0n) is 13.6. The first kappa shape index (κ1) is 18.2. The molecule has 9 heteroatoms. The Kier molecular flexibility index (Phi) is 4.39. The van der Waals surface area contributed by atoms with Crippen LogP contribution in [0.1, 0.15) is 5.56 Å². The van der Waals surface area contributed by atoms with Crippen molar-refractivity contribution in [1.29, 1.82) is 0 Å². The van der Waals surface area contributed by atoms with Crippen LogP contribution in [-0.2, 0) is 20.2 Å². The van der Waals surface area contributed by atoms with Crippen LogP contribution in [0.25, 0.3) is 10.8 Å². The molecule has 0 heterocycles. The first-order valence-electron chi connectivity index (χ1n) is 7.38. The van der Waals surface area contributed by atoms with Crippen LogP contribution < -0.4 is 9.92 Å². The fourth-order valence-electron chi connectivity index (χ4n) is 2.42. The normalized spacial score (nSPS) is 12.2. The highest BCUT2D eigenvalue weighted by Crippen LogP contribution is 2.33. The van der Waals surface area contributed by atoms with Gasteiger partial charge in [0.1, 0.15) is 4.90 Å². The largest absolute Gasteiger partial charge is 0.399 e. The molecule has 0 aromatic heterocycles. The van der Waals surface area contributed by atoms with E-state index in [9.17, 15) is 21.4 Å². The number of aryl methyl sites for hydroxylation is 1. The molecule has 0 amide bonds. The van der Waals surface area contributed by atoms with Crippen molar-refractivity contribution in [2.45, 2.75) is 16.7 Å². The van der Waals surface area contributed by atoms with E-state index in [0.717, 1.165) is 11.6 Å². The summed E-state index contributed by atoms with van der Waals surface area (Å²) in [6.07, 6.45) is 0. The number of anilines is 1. The summed E-state index contributed by atoms with van der Waals surface area (Å²) < 4.78 is 62.6. The topological polar surface area (TPSA) is 124 Å². The quantitative estimate of drug-likeness (QED) is 0.397. The van der Waals surface area contributed by atoms with Gasteiger partial charge in [-0.05, 0) is 48.7 Å². The number of nitrogens with two attached hydrogens (primary N) is 1. The van der Waals surface area contributed by atoms with Gasteiger partial charge in [0.05, 0.1) is 4.90 Å². The van der Waals surface area contributed by atoms with Gasteiger partial charge in [-0.25, -0.2) is 0 Å². The van der Waals surface area contributed by atoms with Gasteiger partial charge in [-0.3, -0.25) is 4.55 Å². The third-order valence-corrected chi connectivity index (χ3v) is 5.80. The van der Waals surface area contributed by atoms with E-state index in [4.69, 9.17) is 9.92 Å². The number of fused-ring (bicyclic) bond motifs is 1. The van der Waals surface area contributed by atoms with E-state index in [1.165, 1.54) is 36.4 Å². The Morgan fingerprint density at radius 1 is 0.885 bits per heavy atom. The van der Waals surface area contributed by atoms with Crippen molar-refractivity contribution >= 4 is 36.7 Å². The fourth-order valence-corrected chi connectivity index (χ4v) is 3.89. The highest BCUT2D eigenvalue weighted by Gasteiger charge is 2.21. The van der Waals surface area contributed by atoms with E-state index in [2.05, 4.69) is 0 Å². The molecule has 3 N–H and O–H groups in total. The number of nitrogen functional groups attached to an aromatic ring is 1. The SMILES string of the molecule is Cc1ccc(S(=O)(=O)Oc2cc(S(=O)(=O)O)cc3cc(N)ccc23)cc1. The lowest BCUT2D eigenvalue weighted by Crippen LogP contribution is -2.10. The van der Waals surface area contributed by atoms with Crippen LogP contribution in [0.4, 0.5) is 5.69 Å². The lowest BCUT2D eigenvalue weighted by molar-refractivity contribution is 0.477. The Labute approximate surface area is 150 Å². The molecule has 0 bridgehead atoms. The summed E-state index contributed by atoms with van der Waals surface area (Å²) in [5, 5.41) is 0.650.